The molecule has 1 aliphatic carbocycles. The number of anilines is 1. The topological polar surface area (TPSA) is 49.3 Å². The van der Waals surface area contributed by atoms with E-state index in [0.717, 1.165) is 22.1 Å². The van der Waals surface area contributed by atoms with E-state index in [9.17, 15) is 9.90 Å². The summed E-state index contributed by atoms with van der Waals surface area (Å²) in [7, 11) is 0. The minimum Gasteiger partial charge on any atom is -0.479 e. The van der Waals surface area contributed by atoms with Crippen molar-refractivity contribution in [3.8, 4) is 0 Å². The van der Waals surface area contributed by atoms with Gasteiger partial charge in [-0.1, -0.05) is 40.2 Å². The van der Waals surface area contributed by atoms with Gasteiger partial charge in [0.2, 0.25) is 0 Å². The first-order valence-corrected chi connectivity index (χ1v) is 7.72. The monoisotopic (exact) mass is 345 g/mol. The Morgan fingerprint density at radius 3 is 2.62 bits per heavy atom. The van der Waals surface area contributed by atoms with Crippen LogP contribution in [0.3, 0.4) is 0 Å². The quantitative estimate of drug-likeness (QED) is 0.887. The number of halogens is 1. The summed E-state index contributed by atoms with van der Waals surface area (Å²) < 4.78 is 1.04. The van der Waals surface area contributed by atoms with Crippen LogP contribution in [0.1, 0.15) is 17.5 Å². The summed E-state index contributed by atoms with van der Waals surface area (Å²) in [6.07, 6.45) is 1.85. The summed E-state index contributed by atoms with van der Waals surface area (Å²) in [5.74, 6) is -0.792. The van der Waals surface area contributed by atoms with Crippen LogP contribution < -0.4 is 5.32 Å². The van der Waals surface area contributed by atoms with E-state index in [4.69, 9.17) is 0 Å². The molecule has 2 N–H and O–H groups in total. The third-order valence-corrected chi connectivity index (χ3v) is 4.54. The van der Waals surface area contributed by atoms with E-state index in [1.54, 1.807) is 0 Å². The van der Waals surface area contributed by atoms with Gasteiger partial charge in [0.15, 0.2) is 0 Å². The third kappa shape index (κ3) is 2.81. The number of fused-ring (bicyclic) bond motifs is 1. The molecule has 0 saturated heterocycles. The van der Waals surface area contributed by atoms with Crippen LogP contribution in [0.5, 0.6) is 0 Å². The van der Waals surface area contributed by atoms with Gasteiger partial charge in [0.05, 0.1) is 0 Å². The Kier molecular flexibility index (Phi) is 3.72. The minimum absolute atomic E-state index is 0.500. The molecule has 3 nitrogen and oxygen atoms in total. The maximum Gasteiger partial charge on any atom is 0.329 e. The first-order valence-electron chi connectivity index (χ1n) is 6.93. The number of benzene rings is 2. The Bertz CT molecular complexity index is 672. The van der Waals surface area contributed by atoms with Crippen LogP contribution in [0.4, 0.5) is 5.69 Å². The number of nitrogens with one attached hydrogen (secondary N) is 1. The van der Waals surface area contributed by atoms with Gasteiger partial charge in [-0.2, -0.15) is 0 Å². The lowest BCUT2D eigenvalue weighted by Gasteiger charge is -2.36. The molecule has 0 radical (unpaired) electrons. The van der Waals surface area contributed by atoms with Crippen LogP contribution >= 0.6 is 15.9 Å². The van der Waals surface area contributed by atoms with Crippen LogP contribution in [0, 0.1) is 0 Å². The molecule has 0 fully saturated rings. The fourth-order valence-electron chi connectivity index (χ4n) is 2.90. The van der Waals surface area contributed by atoms with Crippen molar-refractivity contribution in [3.63, 3.8) is 0 Å². The third-order valence-electron chi connectivity index (χ3n) is 4.05. The number of aryl methyl sites for hydroxylation is 1. The van der Waals surface area contributed by atoms with Crippen LogP contribution in [0.25, 0.3) is 0 Å². The molecule has 4 heteroatoms. The molecule has 0 amide bonds. The first-order chi connectivity index (χ1) is 10.1. The predicted octanol–water partition coefficient (Wildman–Crippen LogP) is 3.87. The Morgan fingerprint density at radius 1 is 1.14 bits per heavy atom. The normalized spacial score (nSPS) is 20.6. The lowest BCUT2D eigenvalue weighted by atomic mass is 9.77. The largest absolute Gasteiger partial charge is 0.479 e. The standard InChI is InChI=1S/C17H16BrNO2/c18-14-7-6-13-11-17(16(20)21,9-8-12(13)10-14)19-15-4-2-1-3-5-15/h1-7,10,19H,8-9,11H2,(H,20,21). The van der Waals surface area contributed by atoms with Crippen LogP contribution in [0.2, 0.25) is 0 Å². The van der Waals surface area contributed by atoms with Crippen molar-refractivity contribution in [2.75, 3.05) is 5.32 Å². The maximum atomic E-state index is 11.9. The number of para-hydroxylation sites is 1. The number of carboxylic acid groups (broad SMARTS) is 1. The molecule has 0 aromatic heterocycles. The smallest absolute Gasteiger partial charge is 0.329 e. The SMILES string of the molecule is O=C(O)C1(Nc2ccccc2)CCc2cc(Br)ccc2C1. The second kappa shape index (κ2) is 5.53. The molecule has 0 spiro atoms. The first kappa shape index (κ1) is 14.1. The lowest BCUT2D eigenvalue weighted by Crippen LogP contribution is -2.50. The molecule has 2 aromatic rings. The molecule has 0 aliphatic heterocycles. The summed E-state index contributed by atoms with van der Waals surface area (Å²) in [6.45, 7) is 0. The van der Waals surface area contributed by atoms with Crippen molar-refractivity contribution >= 4 is 27.6 Å². The van der Waals surface area contributed by atoms with E-state index in [2.05, 4.69) is 27.3 Å². The van der Waals surface area contributed by atoms with E-state index >= 15 is 0 Å². The molecule has 21 heavy (non-hydrogen) atoms. The zero-order chi connectivity index (χ0) is 14.9. The number of rotatable bonds is 3. The summed E-state index contributed by atoms with van der Waals surface area (Å²) in [5, 5.41) is 13.0. The molecule has 1 unspecified atom stereocenters. The summed E-state index contributed by atoms with van der Waals surface area (Å²) in [4.78, 5) is 11.9. The van der Waals surface area contributed by atoms with Gasteiger partial charge < -0.3 is 10.4 Å². The Labute approximate surface area is 132 Å². The second-order valence-corrected chi connectivity index (χ2v) is 6.38. The Balaban J connectivity index is 1.93. The average molecular weight is 346 g/mol. The average Bonchev–Trinajstić information content (AvgIpc) is 2.48. The van der Waals surface area contributed by atoms with E-state index in [-0.39, 0.29) is 0 Å². The number of hydrogen-bond donors (Lipinski definition) is 2. The van der Waals surface area contributed by atoms with Gasteiger partial charge >= 0.3 is 5.97 Å². The van der Waals surface area contributed by atoms with Crippen molar-refractivity contribution in [3.05, 3.63) is 64.1 Å². The van der Waals surface area contributed by atoms with E-state index in [1.807, 2.05) is 42.5 Å². The van der Waals surface area contributed by atoms with Crippen molar-refractivity contribution < 1.29 is 9.90 Å². The van der Waals surface area contributed by atoms with Crippen molar-refractivity contribution in [2.24, 2.45) is 0 Å². The molecule has 2 aromatic carbocycles. The zero-order valence-electron chi connectivity index (χ0n) is 11.5. The van der Waals surface area contributed by atoms with Gasteiger partial charge in [0, 0.05) is 16.6 Å². The van der Waals surface area contributed by atoms with E-state index in [1.165, 1.54) is 5.56 Å². The Hall–Kier alpha value is -1.81. The van der Waals surface area contributed by atoms with Gasteiger partial charge in [-0.15, -0.1) is 0 Å². The van der Waals surface area contributed by atoms with Gasteiger partial charge in [0.1, 0.15) is 5.54 Å². The molecule has 0 bridgehead atoms. The molecule has 3 rings (SSSR count). The van der Waals surface area contributed by atoms with Crippen LogP contribution in [-0.2, 0) is 17.6 Å². The van der Waals surface area contributed by atoms with E-state index < -0.39 is 11.5 Å². The van der Waals surface area contributed by atoms with Crippen molar-refractivity contribution in [1.29, 1.82) is 0 Å². The fourth-order valence-corrected chi connectivity index (χ4v) is 3.31. The minimum atomic E-state index is -0.928. The van der Waals surface area contributed by atoms with Crippen LogP contribution in [-0.4, -0.2) is 16.6 Å². The highest BCUT2D eigenvalue weighted by Crippen LogP contribution is 2.33. The molecule has 0 heterocycles. The van der Waals surface area contributed by atoms with Gasteiger partial charge in [-0.25, -0.2) is 4.79 Å². The maximum absolute atomic E-state index is 11.9. The molecule has 108 valence electrons. The summed E-state index contributed by atoms with van der Waals surface area (Å²) >= 11 is 3.47. The number of aliphatic carboxylic acids is 1. The van der Waals surface area contributed by atoms with Crippen molar-refractivity contribution in [2.45, 2.75) is 24.8 Å². The van der Waals surface area contributed by atoms with Gasteiger partial charge in [0.25, 0.3) is 0 Å². The zero-order valence-corrected chi connectivity index (χ0v) is 13.1. The highest BCUT2D eigenvalue weighted by molar-refractivity contribution is 9.10. The van der Waals surface area contributed by atoms with Gasteiger partial charge in [-0.3, -0.25) is 0 Å². The molecular formula is C17H16BrNO2. The van der Waals surface area contributed by atoms with Gasteiger partial charge in [-0.05, 0) is 48.2 Å². The highest BCUT2D eigenvalue weighted by Gasteiger charge is 2.41. The number of carboxylic acids is 1. The van der Waals surface area contributed by atoms with E-state index in [0.29, 0.717) is 12.8 Å². The molecule has 1 aliphatic rings. The summed E-state index contributed by atoms with van der Waals surface area (Å²) in [5.41, 5.74) is 2.26. The number of hydrogen-bond acceptors (Lipinski definition) is 2. The molecule has 1 atom stereocenters. The predicted molar refractivity (Wildman–Crippen MR) is 86.6 cm³/mol. The number of carbonyl (C=O) groups is 1. The summed E-state index contributed by atoms with van der Waals surface area (Å²) in [6, 6.07) is 15.6. The highest BCUT2D eigenvalue weighted by atomic mass is 79.9. The fraction of sp³-hybridized carbons (Fsp3) is 0.235. The second-order valence-electron chi connectivity index (χ2n) is 5.47. The molecule has 0 saturated carbocycles. The van der Waals surface area contributed by atoms with Crippen LogP contribution in [0.15, 0.2) is 53.0 Å². The Morgan fingerprint density at radius 2 is 1.90 bits per heavy atom. The molecular weight excluding hydrogens is 330 g/mol. The van der Waals surface area contributed by atoms with Crippen molar-refractivity contribution in [1.82, 2.24) is 0 Å². The lowest BCUT2D eigenvalue weighted by molar-refractivity contribution is -0.142.